The molecular formula is C17H19ClN2O4. The van der Waals surface area contributed by atoms with Crippen molar-refractivity contribution >= 4 is 23.3 Å². The Morgan fingerprint density at radius 3 is 2.21 bits per heavy atom. The Bertz CT molecular complexity index is 696. The predicted molar refractivity (Wildman–Crippen MR) is 93.4 cm³/mol. The van der Waals surface area contributed by atoms with Crippen molar-refractivity contribution in [1.82, 2.24) is 5.32 Å². The van der Waals surface area contributed by atoms with Crippen molar-refractivity contribution in [3.63, 3.8) is 0 Å². The Hall–Kier alpha value is -2.60. The van der Waals surface area contributed by atoms with E-state index in [1.807, 2.05) is 18.2 Å². The summed E-state index contributed by atoms with van der Waals surface area (Å²) < 4.78 is 15.7. The fraction of sp³-hybridized carbons (Fsp3) is 0.235. The molecule has 0 aliphatic heterocycles. The van der Waals surface area contributed by atoms with Gasteiger partial charge >= 0.3 is 6.03 Å². The topological polar surface area (TPSA) is 68.8 Å². The van der Waals surface area contributed by atoms with Gasteiger partial charge in [0.25, 0.3) is 0 Å². The van der Waals surface area contributed by atoms with Crippen LogP contribution in [0.4, 0.5) is 10.5 Å². The molecule has 128 valence electrons. The minimum atomic E-state index is -0.371. The van der Waals surface area contributed by atoms with Crippen molar-refractivity contribution < 1.29 is 19.0 Å². The summed E-state index contributed by atoms with van der Waals surface area (Å²) in [5.41, 5.74) is 1.35. The Labute approximate surface area is 145 Å². The average Bonchev–Trinajstić information content (AvgIpc) is 2.60. The van der Waals surface area contributed by atoms with Crippen LogP contribution in [0.1, 0.15) is 5.56 Å². The summed E-state index contributed by atoms with van der Waals surface area (Å²) in [6, 6.07) is 10.2. The molecule has 2 N–H and O–H groups in total. The average molecular weight is 351 g/mol. The Balaban J connectivity index is 2.07. The van der Waals surface area contributed by atoms with Gasteiger partial charge in [-0.2, -0.15) is 0 Å². The summed E-state index contributed by atoms with van der Waals surface area (Å²) in [7, 11) is 4.54. The molecule has 2 amide bonds. The van der Waals surface area contributed by atoms with E-state index in [4.69, 9.17) is 25.8 Å². The van der Waals surface area contributed by atoms with Gasteiger partial charge in [-0.3, -0.25) is 0 Å². The standard InChI is InChI=1S/C17H19ClN2O4/c1-22-14-8-12(9-15(23-2)16(14)24-3)20-17(21)19-10-11-6-4-5-7-13(11)18/h4-9H,10H2,1-3H3,(H2,19,20,21). The number of halogens is 1. The fourth-order valence-corrected chi connectivity index (χ4v) is 2.35. The zero-order valence-electron chi connectivity index (χ0n) is 13.7. The van der Waals surface area contributed by atoms with Gasteiger partial charge in [-0.05, 0) is 11.6 Å². The van der Waals surface area contributed by atoms with Gasteiger partial charge in [0.2, 0.25) is 5.75 Å². The van der Waals surface area contributed by atoms with E-state index in [0.717, 1.165) is 5.56 Å². The lowest BCUT2D eigenvalue weighted by molar-refractivity contribution is 0.251. The van der Waals surface area contributed by atoms with Gasteiger partial charge in [0.15, 0.2) is 11.5 Å². The quantitative estimate of drug-likeness (QED) is 0.833. The number of methoxy groups -OCH3 is 3. The lowest BCUT2D eigenvalue weighted by Gasteiger charge is -2.15. The lowest BCUT2D eigenvalue weighted by atomic mass is 10.2. The number of hydrogen-bond donors (Lipinski definition) is 2. The van der Waals surface area contributed by atoms with Crippen LogP contribution in [0.15, 0.2) is 36.4 Å². The first kappa shape index (κ1) is 17.7. The number of carbonyl (C=O) groups is 1. The van der Waals surface area contributed by atoms with E-state index < -0.39 is 0 Å². The van der Waals surface area contributed by atoms with Gasteiger partial charge in [0.1, 0.15) is 0 Å². The van der Waals surface area contributed by atoms with E-state index >= 15 is 0 Å². The highest BCUT2D eigenvalue weighted by Crippen LogP contribution is 2.39. The molecule has 0 bridgehead atoms. The number of carbonyl (C=O) groups excluding carboxylic acids is 1. The molecule has 0 unspecified atom stereocenters. The maximum atomic E-state index is 12.1. The Kier molecular flexibility index (Phi) is 6.14. The Morgan fingerprint density at radius 1 is 1.04 bits per heavy atom. The summed E-state index contributed by atoms with van der Waals surface area (Å²) >= 11 is 6.06. The van der Waals surface area contributed by atoms with Gasteiger partial charge in [0, 0.05) is 23.7 Å². The molecule has 0 atom stereocenters. The molecule has 0 fully saturated rings. The molecule has 0 aromatic heterocycles. The molecule has 24 heavy (non-hydrogen) atoms. The van der Waals surface area contributed by atoms with Crippen molar-refractivity contribution in [2.45, 2.75) is 6.54 Å². The maximum Gasteiger partial charge on any atom is 0.319 e. The number of ether oxygens (including phenoxy) is 3. The van der Waals surface area contributed by atoms with E-state index in [2.05, 4.69) is 10.6 Å². The summed E-state index contributed by atoms with van der Waals surface area (Å²) in [5.74, 6) is 1.37. The molecule has 0 radical (unpaired) electrons. The largest absolute Gasteiger partial charge is 0.493 e. The molecule has 0 heterocycles. The molecule has 6 nitrogen and oxygen atoms in total. The number of nitrogens with one attached hydrogen (secondary N) is 2. The van der Waals surface area contributed by atoms with Crippen LogP contribution in [-0.4, -0.2) is 27.4 Å². The minimum absolute atomic E-state index is 0.315. The highest BCUT2D eigenvalue weighted by atomic mass is 35.5. The molecule has 0 aliphatic carbocycles. The highest BCUT2D eigenvalue weighted by molar-refractivity contribution is 6.31. The van der Waals surface area contributed by atoms with E-state index in [9.17, 15) is 4.79 Å². The van der Waals surface area contributed by atoms with Crippen LogP contribution in [0, 0.1) is 0 Å². The summed E-state index contributed by atoms with van der Waals surface area (Å²) in [6.45, 7) is 0.315. The van der Waals surface area contributed by atoms with Gasteiger partial charge in [-0.15, -0.1) is 0 Å². The van der Waals surface area contributed by atoms with Crippen LogP contribution >= 0.6 is 11.6 Å². The first-order valence-electron chi connectivity index (χ1n) is 7.17. The van der Waals surface area contributed by atoms with Gasteiger partial charge in [-0.25, -0.2) is 4.79 Å². The SMILES string of the molecule is COc1cc(NC(=O)NCc2ccccc2Cl)cc(OC)c1OC. The summed E-state index contributed by atoms with van der Waals surface area (Å²) in [5, 5.41) is 6.07. The second-order valence-electron chi connectivity index (χ2n) is 4.81. The van der Waals surface area contributed by atoms with Crippen molar-refractivity contribution in [1.29, 1.82) is 0 Å². The van der Waals surface area contributed by atoms with Crippen molar-refractivity contribution in [3.8, 4) is 17.2 Å². The Morgan fingerprint density at radius 2 is 1.67 bits per heavy atom. The normalized spacial score (nSPS) is 10.0. The minimum Gasteiger partial charge on any atom is -0.493 e. The van der Waals surface area contributed by atoms with E-state index in [1.54, 1.807) is 18.2 Å². The van der Waals surface area contributed by atoms with E-state index in [-0.39, 0.29) is 6.03 Å². The first-order chi connectivity index (χ1) is 11.6. The molecule has 2 rings (SSSR count). The van der Waals surface area contributed by atoms with Gasteiger partial charge in [-0.1, -0.05) is 29.8 Å². The van der Waals surface area contributed by atoms with Crippen LogP contribution in [0.3, 0.4) is 0 Å². The molecular weight excluding hydrogens is 332 g/mol. The third-order valence-electron chi connectivity index (χ3n) is 3.32. The summed E-state index contributed by atoms with van der Waals surface area (Å²) in [6.07, 6.45) is 0. The lowest BCUT2D eigenvalue weighted by Crippen LogP contribution is -2.28. The van der Waals surface area contributed by atoms with Gasteiger partial charge in [0.05, 0.1) is 27.0 Å². The second kappa shape index (κ2) is 8.31. The second-order valence-corrected chi connectivity index (χ2v) is 5.22. The van der Waals surface area contributed by atoms with Crippen LogP contribution < -0.4 is 24.8 Å². The van der Waals surface area contributed by atoms with Crippen LogP contribution in [0.5, 0.6) is 17.2 Å². The van der Waals surface area contributed by atoms with Crippen LogP contribution in [0.2, 0.25) is 5.02 Å². The highest BCUT2D eigenvalue weighted by Gasteiger charge is 2.14. The fourth-order valence-electron chi connectivity index (χ4n) is 2.15. The van der Waals surface area contributed by atoms with Crippen LogP contribution in [0.25, 0.3) is 0 Å². The van der Waals surface area contributed by atoms with Gasteiger partial charge < -0.3 is 24.8 Å². The number of anilines is 1. The molecule has 2 aromatic rings. The third-order valence-corrected chi connectivity index (χ3v) is 3.69. The molecule has 7 heteroatoms. The number of benzene rings is 2. The molecule has 0 spiro atoms. The maximum absolute atomic E-state index is 12.1. The number of amides is 2. The zero-order chi connectivity index (χ0) is 17.5. The van der Waals surface area contributed by atoms with Crippen molar-refractivity contribution in [3.05, 3.63) is 47.0 Å². The molecule has 2 aromatic carbocycles. The predicted octanol–water partition coefficient (Wildman–Crippen LogP) is 3.69. The molecule has 0 saturated carbocycles. The monoisotopic (exact) mass is 350 g/mol. The van der Waals surface area contributed by atoms with E-state index in [1.165, 1.54) is 21.3 Å². The first-order valence-corrected chi connectivity index (χ1v) is 7.55. The van der Waals surface area contributed by atoms with Crippen molar-refractivity contribution in [2.24, 2.45) is 0 Å². The zero-order valence-corrected chi connectivity index (χ0v) is 14.4. The molecule has 0 aliphatic rings. The van der Waals surface area contributed by atoms with Crippen LogP contribution in [-0.2, 0) is 6.54 Å². The van der Waals surface area contributed by atoms with Crippen molar-refractivity contribution in [2.75, 3.05) is 26.6 Å². The third kappa shape index (κ3) is 4.23. The number of rotatable bonds is 6. The summed E-state index contributed by atoms with van der Waals surface area (Å²) in [4.78, 5) is 12.1. The smallest absolute Gasteiger partial charge is 0.319 e. The molecule has 0 saturated heterocycles. The van der Waals surface area contributed by atoms with E-state index in [0.29, 0.717) is 34.5 Å². The number of urea groups is 1. The number of hydrogen-bond acceptors (Lipinski definition) is 4.